The summed E-state index contributed by atoms with van der Waals surface area (Å²) < 4.78 is 18.6. The maximum absolute atomic E-state index is 13.2. The van der Waals surface area contributed by atoms with Gasteiger partial charge in [-0.25, -0.2) is 4.39 Å². The van der Waals surface area contributed by atoms with Crippen molar-refractivity contribution in [3.05, 3.63) is 28.0 Å². The molecule has 0 bridgehead atoms. The van der Waals surface area contributed by atoms with Gasteiger partial charge in [0, 0.05) is 12.3 Å². The molecule has 2 rings (SSSR count). The van der Waals surface area contributed by atoms with Crippen molar-refractivity contribution in [2.75, 3.05) is 11.9 Å². The van der Waals surface area contributed by atoms with Crippen LogP contribution in [0.25, 0.3) is 0 Å². The number of rotatable bonds is 2. The van der Waals surface area contributed by atoms with Gasteiger partial charge < -0.3 is 10.1 Å². The standard InChI is InChI=1S/C11H12Cl2FNO/c1-6-10(2-3-16-6)15-7-4-8(12)11(14)9(13)5-7/h4-6,10,15H,2-3H2,1H3. The van der Waals surface area contributed by atoms with Gasteiger partial charge >= 0.3 is 0 Å². The number of nitrogens with one attached hydrogen (secondary N) is 1. The molecule has 1 aliphatic heterocycles. The van der Waals surface area contributed by atoms with Crippen LogP contribution in [0.5, 0.6) is 0 Å². The number of anilines is 1. The predicted octanol–water partition coefficient (Wildman–Crippen LogP) is 3.72. The van der Waals surface area contributed by atoms with Crippen LogP contribution in [0, 0.1) is 5.82 Å². The molecule has 1 aromatic rings. The van der Waals surface area contributed by atoms with Gasteiger partial charge in [-0.05, 0) is 25.5 Å². The molecule has 88 valence electrons. The molecular formula is C11H12Cl2FNO. The van der Waals surface area contributed by atoms with E-state index in [9.17, 15) is 4.39 Å². The van der Waals surface area contributed by atoms with Gasteiger partial charge in [0.05, 0.1) is 22.2 Å². The molecule has 1 heterocycles. The summed E-state index contributed by atoms with van der Waals surface area (Å²) >= 11 is 11.4. The molecule has 0 radical (unpaired) electrons. The maximum Gasteiger partial charge on any atom is 0.160 e. The summed E-state index contributed by atoms with van der Waals surface area (Å²) in [5, 5.41) is 3.30. The number of hydrogen-bond acceptors (Lipinski definition) is 2. The lowest BCUT2D eigenvalue weighted by Gasteiger charge is -2.17. The molecule has 2 nitrogen and oxygen atoms in total. The first-order valence-corrected chi connectivity index (χ1v) is 5.86. The number of ether oxygens (including phenoxy) is 1. The minimum atomic E-state index is -0.579. The minimum Gasteiger partial charge on any atom is -0.380 e. The molecule has 16 heavy (non-hydrogen) atoms. The van der Waals surface area contributed by atoms with Crippen molar-refractivity contribution in [2.24, 2.45) is 0 Å². The third-order valence-corrected chi connectivity index (χ3v) is 3.26. The Balaban J connectivity index is 2.15. The molecule has 0 aliphatic carbocycles. The van der Waals surface area contributed by atoms with Crippen molar-refractivity contribution in [2.45, 2.75) is 25.5 Å². The maximum atomic E-state index is 13.2. The first-order valence-electron chi connectivity index (χ1n) is 5.10. The monoisotopic (exact) mass is 263 g/mol. The zero-order valence-electron chi connectivity index (χ0n) is 8.77. The Morgan fingerprint density at radius 3 is 2.50 bits per heavy atom. The molecule has 1 aliphatic rings. The second kappa shape index (κ2) is 4.78. The largest absolute Gasteiger partial charge is 0.380 e. The lowest BCUT2D eigenvalue weighted by Crippen LogP contribution is -2.26. The van der Waals surface area contributed by atoms with Crippen molar-refractivity contribution in [1.82, 2.24) is 0 Å². The highest BCUT2D eigenvalue weighted by Crippen LogP contribution is 2.29. The van der Waals surface area contributed by atoms with E-state index in [1.54, 1.807) is 0 Å². The van der Waals surface area contributed by atoms with Crippen LogP contribution < -0.4 is 5.32 Å². The van der Waals surface area contributed by atoms with Crippen LogP contribution in [-0.4, -0.2) is 18.8 Å². The summed E-state index contributed by atoms with van der Waals surface area (Å²) in [6.07, 6.45) is 1.07. The fraction of sp³-hybridized carbons (Fsp3) is 0.455. The molecule has 5 heteroatoms. The van der Waals surface area contributed by atoms with Crippen LogP contribution in [-0.2, 0) is 4.74 Å². The van der Waals surface area contributed by atoms with E-state index < -0.39 is 5.82 Å². The molecule has 0 saturated carbocycles. The van der Waals surface area contributed by atoms with E-state index in [-0.39, 0.29) is 22.2 Å². The Morgan fingerprint density at radius 2 is 2.00 bits per heavy atom. The summed E-state index contributed by atoms with van der Waals surface area (Å²) in [4.78, 5) is 0. The van der Waals surface area contributed by atoms with E-state index >= 15 is 0 Å². The summed E-state index contributed by atoms with van der Waals surface area (Å²) in [6, 6.07) is 3.29. The molecule has 0 amide bonds. The van der Waals surface area contributed by atoms with Crippen molar-refractivity contribution in [1.29, 1.82) is 0 Å². The smallest absolute Gasteiger partial charge is 0.160 e. The summed E-state index contributed by atoms with van der Waals surface area (Å²) in [6.45, 7) is 2.74. The molecule has 1 fully saturated rings. The van der Waals surface area contributed by atoms with Gasteiger partial charge in [0.1, 0.15) is 0 Å². The first-order chi connectivity index (χ1) is 7.58. The SMILES string of the molecule is CC1OCCC1Nc1cc(Cl)c(F)c(Cl)c1. The van der Waals surface area contributed by atoms with Crippen molar-refractivity contribution in [3.63, 3.8) is 0 Å². The van der Waals surface area contributed by atoms with Gasteiger partial charge in [0.2, 0.25) is 0 Å². The second-order valence-corrected chi connectivity index (χ2v) is 4.68. The van der Waals surface area contributed by atoms with Crippen LogP contribution in [0.15, 0.2) is 12.1 Å². The zero-order chi connectivity index (χ0) is 11.7. The van der Waals surface area contributed by atoms with Crippen molar-refractivity contribution in [3.8, 4) is 0 Å². The van der Waals surface area contributed by atoms with Crippen LogP contribution >= 0.6 is 23.2 Å². The molecule has 0 spiro atoms. The highest BCUT2D eigenvalue weighted by molar-refractivity contribution is 6.35. The fourth-order valence-corrected chi connectivity index (χ4v) is 2.26. The molecule has 2 atom stereocenters. The average molecular weight is 264 g/mol. The van der Waals surface area contributed by atoms with Gasteiger partial charge in [0.15, 0.2) is 5.82 Å². The molecule has 0 aromatic heterocycles. The highest BCUT2D eigenvalue weighted by atomic mass is 35.5. The van der Waals surface area contributed by atoms with Gasteiger partial charge in [-0.1, -0.05) is 23.2 Å². The second-order valence-electron chi connectivity index (χ2n) is 3.87. The number of halogens is 3. The third kappa shape index (κ3) is 2.42. The fourth-order valence-electron chi connectivity index (χ4n) is 1.77. The van der Waals surface area contributed by atoms with Gasteiger partial charge in [0.25, 0.3) is 0 Å². The lowest BCUT2D eigenvalue weighted by molar-refractivity contribution is 0.121. The summed E-state index contributed by atoms with van der Waals surface area (Å²) in [5.74, 6) is -0.579. The lowest BCUT2D eigenvalue weighted by atomic mass is 10.1. The quantitative estimate of drug-likeness (QED) is 0.822. The van der Waals surface area contributed by atoms with E-state index in [0.717, 1.165) is 18.7 Å². The molecule has 1 aromatic carbocycles. The van der Waals surface area contributed by atoms with E-state index in [0.29, 0.717) is 0 Å². The van der Waals surface area contributed by atoms with Crippen LogP contribution in [0.1, 0.15) is 13.3 Å². The van der Waals surface area contributed by atoms with Crippen LogP contribution in [0.2, 0.25) is 10.0 Å². The van der Waals surface area contributed by atoms with Gasteiger partial charge in [-0.15, -0.1) is 0 Å². The van der Waals surface area contributed by atoms with Crippen LogP contribution in [0.3, 0.4) is 0 Å². The third-order valence-electron chi connectivity index (χ3n) is 2.71. The van der Waals surface area contributed by atoms with E-state index in [1.807, 2.05) is 6.92 Å². The Hall–Kier alpha value is -0.510. The zero-order valence-corrected chi connectivity index (χ0v) is 10.3. The van der Waals surface area contributed by atoms with Crippen LogP contribution in [0.4, 0.5) is 10.1 Å². The summed E-state index contributed by atoms with van der Waals surface area (Å²) in [5.41, 5.74) is 0.721. The first kappa shape index (κ1) is 12.0. The van der Waals surface area contributed by atoms with Gasteiger partial charge in [-0.3, -0.25) is 0 Å². The Kier molecular flexibility index (Phi) is 3.57. The van der Waals surface area contributed by atoms with Crippen molar-refractivity contribution < 1.29 is 9.13 Å². The van der Waals surface area contributed by atoms with E-state index in [1.165, 1.54) is 12.1 Å². The normalized spacial score (nSPS) is 24.8. The topological polar surface area (TPSA) is 21.3 Å². The Bertz CT molecular complexity index is 377. The van der Waals surface area contributed by atoms with E-state index in [2.05, 4.69) is 5.32 Å². The molecular weight excluding hydrogens is 252 g/mol. The average Bonchev–Trinajstić information content (AvgIpc) is 2.61. The van der Waals surface area contributed by atoms with Crippen molar-refractivity contribution >= 4 is 28.9 Å². The summed E-state index contributed by atoms with van der Waals surface area (Å²) in [7, 11) is 0. The highest BCUT2D eigenvalue weighted by Gasteiger charge is 2.24. The number of benzene rings is 1. The Morgan fingerprint density at radius 1 is 1.38 bits per heavy atom. The predicted molar refractivity (Wildman–Crippen MR) is 63.9 cm³/mol. The Labute approximate surface area is 104 Å². The molecule has 1 N–H and O–H groups in total. The molecule has 1 saturated heterocycles. The number of hydrogen-bond donors (Lipinski definition) is 1. The van der Waals surface area contributed by atoms with Gasteiger partial charge in [-0.2, -0.15) is 0 Å². The minimum absolute atomic E-state index is 0.0292. The van der Waals surface area contributed by atoms with E-state index in [4.69, 9.17) is 27.9 Å². The molecule has 2 unspecified atom stereocenters.